The molecule has 0 bridgehead atoms. The maximum Gasteiger partial charge on any atom is 0.346 e. The first-order valence-electron chi connectivity index (χ1n) is 8.85. The molecule has 0 saturated carbocycles. The molecule has 0 saturated heterocycles. The van der Waals surface area contributed by atoms with Crippen molar-refractivity contribution in [3.05, 3.63) is 81.9 Å². The molecule has 0 amide bonds. The minimum absolute atomic E-state index is 0.233. The largest absolute Gasteiger partial charge is 0.386 e. The summed E-state index contributed by atoms with van der Waals surface area (Å²) in [5, 5.41) is 0.525. The van der Waals surface area contributed by atoms with E-state index in [2.05, 4.69) is 9.47 Å². The molecule has 2 heterocycles. The van der Waals surface area contributed by atoms with Gasteiger partial charge >= 0.3 is 23.9 Å². The van der Waals surface area contributed by atoms with Gasteiger partial charge in [-0.1, -0.05) is 35.1 Å². The summed E-state index contributed by atoms with van der Waals surface area (Å²) < 4.78 is 9.24. The number of benzene rings is 3. The fourth-order valence-corrected chi connectivity index (χ4v) is 5.27. The normalized spacial score (nSPS) is 14.4. The highest BCUT2D eigenvalue weighted by Gasteiger charge is 2.30. The Morgan fingerprint density at radius 1 is 0.548 bits per heavy atom. The molecule has 152 valence electrons. The Kier molecular flexibility index (Phi) is 4.85. The Balaban J connectivity index is 1.41. The van der Waals surface area contributed by atoms with Crippen molar-refractivity contribution < 1.29 is 28.7 Å². The molecule has 3 aromatic rings. The van der Waals surface area contributed by atoms with Gasteiger partial charge in [-0.15, -0.1) is 0 Å². The number of carbonyl (C=O) groups is 4. The van der Waals surface area contributed by atoms with Crippen LogP contribution in [0.3, 0.4) is 0 Å². The number of carbonyl (C=O) groups excluding carboxylic acids is 4. The molecule has 0 unspecified atom stereocenters. The number of halogens is 1. The summed E-state index contributed by atoms with van der Waals surface area (Å²) in [5.74, 6) is -2.59. The fourth-order valence-electron chi connectivity index (χ4n) is 3.14. The lowest BCUT2D eigenvalue weighted by molar-refractivity contribution is 0.0425. The molecule has 0 N–H and O–H groups in total. The van der Waals surface area contributed by atoms with Crippen LogP contribution in [0.25, 0.3) is 0 Å². The molecule has 6 nitrogen and oxygen atoms in total. The third-order valence-corrected chi connectivity index (χ3v) is 7.07. The second kappa shape index (κ2) is 7.56. The second-order valence-electron chi connectivity index (χ2n) is 6.57. The minimum atomic E-state index is -0.661. The SMILES string of the molecule is O=C1OC(=O)c2cc(Sc3ccc(Cl)c(Sc4ccc5c(c4)C(=O)OC5=O)c3)ccc21. The standard InChI is InChI=1S/C22H9ClO6S2/c23-17-6-3-12(30-10-1-4-13-15(7-10)21(26)28-19(13)24)9-18(17)31-11-2-5-14-16(8-11)22(27)29-20(14)25/h1-9H. The van der Waals surface area contributed by atoms with Crippen LogP contribution in [0, 0.1) is 0 Å². The highest BCUT2D eigenvalue weighted by Crippen LogP contribution is 2.39. The molecular weight excluding hydrogens is 460 g/mol. The quantitative estimate of drug-likeness (QED) is 0.378. The molecule has 9 heteroatoms. The molecule has 2 aliphatic heterocycles. The summed E-state index contributed by atoms with van der Waals surface area (Å²) in [5.41, 5.74) is 0.989. The van der Waals surface area contributed by atoms with Crippen molar-refractivity contribution in [2.75, 3.05) is 0 Å². The summed E-state index contributed by atoms with van der Waals surface area (Å²) in [6.45, 7) is 0. The van der Waals surface area contributed by atoms with Crippen molar-refractivity contribution >= 4 is 59.0 Å². The molecule has 5 rings (SSSR count). The Morgan fingerprint density at radius 3 is 1.58 bits per heavy atom. The fraction of sp³-hybridized carbons (Fsp3) is 0. The van der Waals surface area contributed by atoms with Gasteiger partial charge in [-0.3, -0.25) is 0 Å². The number of hydrogen-bond donors (Lipinski definition) is 0. The first-order valence-corrected chi connectivity index (χ1v) is 10.9. The number of hydrogen-bond acceptors (Lipinski definition) is 8. The van der Waals surface area contributed by atoms with E-state index in [-0.39, 0.29) is 22.3 Å². The number of cyclic esters (lactones) is 4. The first-order chi connectivity index (χ1) is 14.9. The van der Waals surface area contributed by atoms with Gasteiger partial charge in [0.25, 0.3) is 0 Å². The summed E-state index contributed by atoms with van der Waals surface area (Å²) in [6.07, 6.45) is 0. The van der Waals surface area contributed by atoms with Gasteiger partial charge in [-0.2, -0.15) is 0 Å². The van der Waals surface area contributed by atoms with E-state index in [0.717, 1.165) is 19.6 Å². The van der Waals surface area contributed by atoms with Gasteiger partial charge in [0.2, 0.25) is 0 Å². The lowest BCUT2D eigenvalue weighted by Crippen LogP contribution is -1.96. The van der Waals surface area contributed by atoms with Crippen LogP contribution in [0.1, 0.15) is 41.4 Å². The summed E-state index contributed by atoms with van der Waals surface area (Å²) in [6, 6.07) is 15.3. The van der Waals surface area contributed by atoms with Gasteiger partial charge in [-0.05, 0) is 54.6 Å². The van der Waals surface area contributed by atoms with Gasteiger partial charge in [-0.25, -0.2) is 19.2 Å². The molecule has 0 atom stereocenters. The second-order valence-corrected chi connectivity index (χ2v) is 9.23. The average molecular weight is 469 g/mol. The maximum absolute atomic E-state index is 11.8. The van der Waals surface area contributed by atoms with E-state index in [0.29, 0.717) is 5.02 Å². The smallest absolute Gasteiger partial charge is 0.346 e. The van der Waals surface area contributed by atoms with E-state index in [1.165, 1.54) is 23.5 Å². The van der Waals surface area contributed by atoms with Gasteiger partial charge < -0.3 is 9.47 Å². The molecular formula is C22H9ClO6S2. The third kappa shape index (κ3) is 3.63. The Morgan fingerprint density at radius 2 is 1.00 bits per heavy atom. The van der Waals surface area contributed by atoms with Crippen molar-refractivity contribution in [1.29, 1.82) is 0 Å². The first kappa shape index (κ1) is 19.9. The monoisotopic (exact) mass is 468 g/mol. The van der Waals surface area contributed by atoms with Gasteiger partial charge in [0, 0.05) is 19.6 Å². The third-order valence-electron chi connectivity index (χ3n) is 4.60. The van der Waals surface area contributed by atoms with E-state index in [1.807, 2.05) is 12.1 Å². The predicted octanol–water partition coefficient (Wildman–Crippen LogP) is 5.26. The zero-order chi connectivity index (χ0) is 21.7. The minimum Gasteiger partial charge on any atom is -0.386 e. The number of esters is 4. The van der Waals surface area contributed by atoms with Crippen LogP contribution in [0.15, 0.2) is 74.2 Å². The highest BCUT2D eigenvalue weighted by atomic mass is 35.5. The molecule has 0 fully saturated rings. The van der Waals surface area contributed by atoms with Crippen LogP contribution < -0.4 is 0 Å². The van der Waals surface area contributed by atoms with Crippen molar-refractivity contribution in [3.8, 4) is 0 Å². The van der Waals surface area contributed by atoms with Crippen LogP contribution in [0.4, 0.5) is 0 Å². The zero-order valence-electron chi connectivity index (χ0n) is 15.3. The van der Waals surface area contributed by atoms with E-state index >= 15 is 0 Å². The van der Waals surface area contributed by atoms with Crippen molar-refractivity contribution in [2.45, 2.75) is 19.6 Å². The molecule has 0 aromatic heterocycles. The molecule has 31 heavy (non-hydrogen) atoms. The summed E-state index contributed by atoms with van der Waals surface area (Å²) >= 11 is 9.10. The molecule has 0 radical (unpaired) electrons. The van der Waals surface area contributed by atoms with Crippen LogP contribution in [0.5, 0.6) is 0 Å². The Hall–Kier alpha value is -3.07. The van der Waals surface area contributed by atoms with Crippen molar-refractivity contribution in [2.24, 2.45) is 0 Å². The summed E-state index contributed by atoms with van der Waals surface area (Å²) in [7, 11) is 0. The van der Waals surface area contributed by atoms with E-state index < -0.39 is 23.9 Å². The number of ether oxygens (including phenoxy) is 2. The number of rotatable bonds is 4. The predicted molar refractivity (Wildman–Crippen MR) is 112 cm³/mol. The van der Waals surface area contributed by atoms with E-state index in [4.69, 9.17) is 11.6 Å². The van der Waals surface area contributed by atoms with Gasteiger partial charge in [0.05, 0.1) is 27.3 Å². The maximum atomic E-state index is 11.8. The van der Waals surface area contributed by atoms with Crippen LogP contribution in [-0.2, 0) is 9.47 Å². The highest BCUT2D eigenvalue weighted by molar-refractivity contribution is 8.00. The number of fused-ring (bicyclic) bond motifs is 2. The van der Waals surface area contributed by atoms with Crippen LogP contribution in [-0.4, -0.2) is 23.9 Å². The van der Waals surface area contributed by atoms with Crippen molar-refractivity contribution in [3.63, 3.8) is 0 Å². The van der Waals surface area contributed by atoms with E-state index in [1.54, 1.807) is 42.5 Å². The molecule has 0 aliphatic carbocycles. The lowest BCUT2D eigenvalue weighted by Gasteiger charge is -2.08. The molecule has 2 aliphatic rings. The van der Waals surface area contributed by atoms with Crippen LogP contribution in [0.2, 0.25) is 5.02 Å². The topological polar surface area (TPSA) is 86.7 Å². The zero-order valence-corrected chi connectivity index (χ0v) is 17.7. The van der Waals surface area contributed by atoms with Crippen LogP contribution >= 0.6 is 35.1 Å². The van der Waals surface area contributed by atoms with Crippen molar-refractivity contribution in [1.82, 2.24) is 0 Å². The van der Waals surface area contributed by atoms with E-state index in [9.17, 15) is 19.2 Å². The van der Waals surface area contributed by atoms with Gasteiger partial charge in [0.1, 0.15) is 0 Å². The summed E-state index contributed by atoms with van der Waals surface area (Å²) in [4.78, 5) is 49.9. The Bertz CT molecular complexity index is 1330. The molecule has 3 aromatic carbocycles. The average Bonchev–Trinajstić information content (AvgIpc) is 3.19. The van der Waals surface area contributed by atoms with Gasteiger partial charge in [0.15, 0.2) is 0 Å². The lowest BCUT2D eigenvalue weighted by atomic mass is 10.1. The Labute approximate surface area is 188 Å². The molecule has 0 spiro atoms.